The van der Waals surface area contributed by atoms with Crippen molar-refractivity contribution in [3.05, 3.63) is 11.6 Å². The number of hydrogen-bond acceptors (Lipinski definition) is 8. The number of rotatable bonds is 4. The zero-order chi connectivity index (χ0) is 31.9. The minimum atomic E-state index is -1.07. The van der Waals surface area contributed by atoms with E-state index in [2.05, 4.69) is 27.7 Å². The molecule has 7 rings (SSSR count). The van der Waals surface area contributed by atoms with Crippen LogP contribution in [0.5, 0.6) is 0 Å². The van der Waals surface area contributed by atoms with Gasteiger partial charge in [0.05, 0.1) is 41.7 Å². The third kappa shape index (κ3) is 4.51. The summed E-state index contributed by atoms with van der Waals surface area (Å²) < 4.78 is 38.4. The number of ketones is 1. The lowest BCUT2D eigenvalue weighted by atomic mass is 9.45. The molecule has 6 fully saturated rings. The van der Waals surface area contributed by atoms with Crippen molar-refractivity contribution in [2.24, 2.45) is 28.6 Å². The van der Waals surface area contributed by atoms with E-state index in [1.165, 1.54) is 0 Å². The first-order chi connectivity index (χ1) is 20.1. The zero-order valence-electron chi connectivity index (χ0n) is 28.7. The van der Waals surface area contributed by atoms with Crippen molar-refractivity contribution in [3.8, 4) is 0 Å². The van der Waals surface area contributed by atoms with E-state index < -0.39 is 34.0 Å². The Bertz CT molecular complexity index is 1260. The van der Waals surface area contributed by atoms with Gasteiger partial charge in [0.2, 0.25) is 0 Å². The van der Waals surface area contributed by atoms with Crippen molar-refractivity contribution in [3.63, 3.8) is 0 Å². The summed E-state index contributed by atoms with van der Waals surface area (Å²) in [6.45, 7) is 21.3. The fourth-order valence-electron chi connectivity index (χ4n) is 11.5. The summed E-state index contributed by atoms with van der Waals surface area (Å²) in [6.07, 6.45) is 7.89. The molecule has 0 spiro atoms. The van der Waals surface area contributed by atoms with Crippen LogP contribution in [0.4, 0.5) is 0 Å². The van der Waals surface area contributed by atoms with E-state index in [9.17, 15) is 9.90 Å². The lowest BCUT2D eigenvalue weighted by molar-refractivity contribution is -0.190. The smallest absolute Gasteiger partial charge is 0.164 e. The molecule has 44 heavy (non-hydrogen) atoms. The Labute approximate surface area is 263 Å². The Kier molecular flexibility index (Phi) is 6.77. The van der Waals surface area contributed by atoms with E-state index in [-0.39, 0.29) is 52.9 Å². The summed E-state index contributed by atoms with van der Waals surface area (Å²) in [7, 11) is 0. The maximum atomic E-state index is 13.9. The van der Waals surface area contributed by atoms with E-state index in [1.54, 1.807) is 0 Å². The number of ether oxygens (including phenoxy) is 6. The Balaban J connectivity index is 1.17. The first-order valence-corrected chi connectivity index (χ1v) is 17.2. The van der Waals surface area contributed by atoms with Crippen LogP contribution in [0.1, 0.15) is 121 Å². The Morgan fingerprint density at radius 3 is 2.20 bits per heavy atom. The molecule has 0 radical (unpaired) electrons. The average Bonchev–Trinajstić information content (AvgIpc) is 3.52. The highest BCUT2D eigenvalue weighted by Gasteiger charge is 2.71. The minimum absolute atomic E-state index is 0.0229. The molecular formula is C36H56O8. The molecule has 0 bridgehead atoms. The summed E-state index contributed by atoms with van der Waals surface area (Å²) in [5.41, 5.74) is -1.84. The predicted molar refractivity (Wildman–Crippen MR) is 163 cm³/mol. The van der Waals surface area contributed by atoms with Gasteiger partial charge >= 0.3 is 0 Å². The lowest BCUT2D eigenvalue weighted by Crippen LogP contribution is -2.62. The molecule has 1 unspecified atom stereocenters. The Hall–Kier alpha value is -0.870. The molecule has 11 atom stereocenters. The van der Waals surface area contributed by atoms with Crippen molar-refractivity contribution in [2.75, 3.05) is 6.61 Å². The van der Waals surface area contributed by atoms with E-state index >= 15 is 0 Å². The van der Waals surface area contributed by atoms with Gasteiger partial charge in [0.25, 0.3) is 0 Å². The monoisotopic (exact) mass is 616 g/mol. The van der Waals surface area contributed by atoms with Crippen molar-refractivity contribution in [1.29, 1.82) is 0 Å². The first kappa shape index (κ1) is 31.7. The normalized spacial score (nSPS) is 53.5. The molecule has 8 nitrogen and oxygen atoms in total. The highest BCUT2D eigenvalue weighted by molar-refractivity contribution is 5.95. The largest absolute Gasteiger partial charge is 0.385 e. The number of allylic oxidation sites excluding steroid dienone is 1. The molecule has 248 valence electrons. The third-order valence-electron chi connectivity index (χ3n) is 13.3. The molecule has 0 aromatic heterocycles. The predicted octanol–water partition coefficient (Wildman–Crippen LogP) is 6.22. The molecule has 4 aliphatic carbocycles. The van der Waals surface area contributed by atoms with Gasteiger partial charge in [-0.15, -0.1) is 0 Å². The topological polar surface area (TPSA) is 92.7 Å². The second-order valence-corrected chi connectivity index (χ2v) is 17.7. The second-order valence-electron chi connectivity index (χ2n) is 17.7. The van der Waals surface area contributed by atoms with Crippen LogP contribution in [0.2, 0.25) is 0 Å². The summed E-state index contributed by atoms with van der Waals surface area (Å²) in [6, 6.07) is 0. The van der Waals surface area contributed by atoms with Crippen LogP contribution in [0.25, 0.3) is 0 Å². The summed E-state index contributed by atoms with van der Waals surface area (Å²) in [5, 5.41) is 12.9. The van der Waals surface area contributed by atoms with Gasteiger partial charge in [0.1, 0.15) is 0 Å². The van der Waals surface area contributed by atoms with E-state index in [4.69, 9.17) is 28.4 Å². The van der Waals surface area contributed by atoms with Gasteiger partial charge in [0.15, 0.2) is 23.1 Å². The van der Waals surface area contributed by atoms with Gasteiger partial charge in [0, 0.05) is 11.3 Å². The summed E-state index contributed by atoms with van der Waals surface area (Å²) in [5.74, 6) is -1.73. The van der Waals surface area contributed by atoms with Crippen LogP contribution in [-0.2, 0) is 33.2 Å². The lowest BCUT2D eigenvalue weighted by Gasteiger charge is -2.60. The number of fused-ring (bicyclic) bond motifs is 6. The maximum absolute atomic E-state index is 13.9. The third-order valence-corrected chi connectivity index (χ3v) is 13.3. The van der Waals surface area contributed by atoms with Crippen molar-refractivity contribution in [1.82, 2.24) is 0 Å². The van der Waals surface area contributed by atoms with E-state index in [0.717, 1.165) is 44.1 Å². The van der Waals surface area contributed by atoms with Crippen LogP contribution in [0.15, 0.2) is 11.6 Å². The number of carbonyl (C=O) groups excluding carboxylic acids is 1. The molecule has 1 N–H and O–H groups in total. The van der Waals surface area contributed by atoms with Crippen molar-refractivity contribution >= 4 is 5.78 Å². The molecule has 3 saturated heterocycles. The van der Waals surface area contributed by atoms with E-state index in [1.807, 2.05) is 47.6 Å². The zero-order valence-corrected chi connectivity index (χ0v) is 28.7. The number of hydrogen-bond donors (Lipinski definition) is 1. The summed E-state index contributed by atoms with van der Waals surface area (Å²) in [4.78, 5) is 13.9. The van der Waals surface area contributed by atoms with Crippen LogP contribution in [-0.4, -0.2) is 70.0 Å². The molecule has 8 heteroatoms. The Morgan fingerprint density at radius 2 is 1.52 bits per heavy atom. The average molecular weight is 617 g/mol. The molecular weight excluding hydrogens is 560 g/mol. The standard InChI is InChI=1S/C36H56O8/c1-29(2)39-20-32(7,43-29)14-13-28-35(10,44-31(5,6)42-28)27-12-16-36(38)22-17-24(37)23-18-25-26(41-30(3,4)40-25)19-33(23,8)21(22)11-15-34(27,36)9/h17,21,23,25-28,38H,11-16,18-20H2,1-10H3/t21-,23-,25+,26-,27-,28+,32?,33+,34+,35+,36+/m0/s1. The van der Waals surface area contributed by atoms with Gasteiger partial charge in [-0.3, -0.25) is 4.79 Å². The van der Waals surface area contributed by atoms with Crippen LogP contribution in [0.3, 0.4) is 0 Å². The minimum Gasteiger partial charge on any atom is -0.385 e. The fourth-order valence-corrected chi connectivity index (χ4v) is 11.5. The highest BCUT2D eigenvalue weighted by Crippen LogP contribution is 2.70. The van der Waals surface area contributed by atoms with Gasteiger partial charge < -0.3 is 33.5 Å². The number of carbonyl (C=O) groups is 1. The SMILES string of the molecule is CC1(CC[C@H]2OC(C)(C)O[C@]2(C)[C@H]2CC[C@@]3(O)C4=CC(=O)[C@@H]5C[C@H]6OC(C)(C)O[C@H]6C[C@]5(C)[C@H]4CC[C@]23C)COC(C)(C)O1. The fraction of sp³-hybridized carbons (Fsp3) is 0.917. The van der Waals surface area contributed by atoms with Crippen molar-refractivity contribution in [2.45, 2.75) is 173 Å². The van der Waals surface area contributed by atoms with Gasteiger partial charge in [-0.2, -0.15) is 0 Å². The molecule has 0 amide bonds. The van der Waals surface area contributed by atoms with Crippen molar-refractivity contribution < 1.29 is 38.3 Å². The molecule has 3 saturated carbocycles. The van der Waals surface area contributed by atoms with Crippen LogP contribution < -0.4 is 0 Å². The molecule has 3 aliphatic heterocycles. The highest BCUT2D eigenvalue weighted by atomic mass is 16.8. The Morgan fingerprint density at radius 1 is 0.818 bits per heavy atom. The molecule has 7 aliphatic rings. The van der Waals surface area contributed by atoms with Gasteiger partial charge in [-0.05, 0) is 136 Å². The molecule has 3 heterocycles. The van der Waals surface area contributed by atoms with E-state index in [0.29, 0.717) is 19.4 Å². The van der Waals surface area contributed by atoms with Gasteiger partial charge in [-0.25, -0.2) is 0 Å². The second kappa shape index (κ2) is 9.39. The van der Waals surface area contributed by atoms with Gasteiger partial charge in [-0.1, -0.05) is 13.8 Å². The van der Waals surface area contributed by atoms with Crippen LogP contribution in [0, 0.1) is 28.6 Å². The number of aliphatic hydroxyl groups is 1. The quantitative estimate of drug-likeness (QED) is 0.398. The maximum Gasteiger partial charge on any atom is 0.164 e. The summed E-state index contributed by atoms with van der Waals surface area (Å²) >= 11 is 0. The first-order valence-electron chi connectivity index (χ1n) is 17.2. The molecule has 0 aromatic carbocycles. The van der Waals surface area contributed by atoms with Crippen LogP contribution >= 0.6 is 0 Å². The molecule has 0 aromatic rings.